The van der Waals surface area contributed by atoms with Crippen LogP contribution in [-0.4, -0.2) is 11.7 Å². The van der Waals surface area contributed by atoms with Gasteiger partial charge >= 0.3 is 0 Å². The standard InChI is InChI=1S/C28H44O/c1-19(21(3)18-29)9-10-20(2)24-13-14-25-23-12-11-22-8-6-7-16-27(22,4)26(23)15-17-28(24,25)5/h8-12,19-21,23-26,29H,6-7,13-18H2,1-5H3/t19-,20+,21?,23-,24+,25-,26-,27-,28+/m0/s1. The number of allylic oxidation sites excluding steroid dienone is 6. The minimum Gasteiger partial charge on any atom is -0.396 e. The van der Waals surface area contributed by atoms with Crippen LogP contribution in [0, 0.1) is 52.3 Å². The first kappa shape index (κ1) is 21.4. The third kappa shape index (κ3) is 3.50. The van der Waals surface area contributed by atoms with Gasteiger partial charge in [0.2, 0.25) is 0 Å². The highest BCUT2D eigenvalue weighted by Gasteiger charge is 2.58. The summed E-state index contributed by atoms with van der Waals surface area (Å²) in [6.07, 6.45) is 22.3. The molecule has 9 atom stereocenters. The summed E-state index contributed by atoms with van der Waals surface area (Å²) < 4.78 is 0. The van der Waals surface area contributed by atoms with Crippen LogP contribution in [0.4, 0.5) is 0 Å². The first-order valence-corrected chi connectivity index (χ1v) is 12.5. The van der Waals surface area contributed by atoms with Gasteiger partial charge in [-0.25, -0.2) is 0 Å². The molecular formula is C28H44O. The molecule has 2 saturated carbocycles. The second-order valence-electron chi connectivity index (χ2n) is 11.6. The van der Waals surface area contributed by atoms with E-state index in [9.17, 15) is 5.11 Å². The second kappa shape index (κ2) is 8.03. The second-order valence-corrected chi connectivity index (χ2v) is 11.6. The Hall–Kier alpha value is -0.820. The van der Waals surface area contributed by atoms with Crippen molar-refractivity contribution in [1.82, 2.24) is 0 Å². The molecule has 1 nitrogen and oxygen atoms in total. The van der Waals surface area contributed by atoms with E-state index in [4.69, 9.17) is 0 Å². The molecule has 2 fully saturated rings. The SMILES string of the molecule is CC(CO)[C@@H](C)C=C[C@@H](C)[C@H]1CC[C@H]2[C@@H]3C=CC4=CCCC[C@]4(C)[C@H]3CC[C@]12C. The van der Waals surface area contributed by atoms with E-state index in [2.05, 4.69) is 65.0 Å². The number of rotatable bonds is 5. The Morgan fingerprint density at radius 2 is 1.86 bits per heavy atom. The fourth-order valence-corrected chi connectivity index (χ4v) is 7.93. The van der Waals surface area contributed by atoms with Crippen molar-refractivity contribution in [2.75, 3.05) is 6.61 Å². The Kier molecular flexibility index (Phi) is 5.93. The van der Waals surface area contributed by atoms with Crippen LogP contribution in [0.15, 0.2) is 36.0 Å². The summed E-state index contributed by atoms with van der Waals surface area (Å²) in [5.74, 6) is 4.80. The molecule has 0 aromatic rings. The smallest absolute Gasteiger partial charge is 0.0462 e. The molecule has 0 heterocycles. The summed E-state index contributed by atoms with van der Waals surface area (Å²) >= 11 is 0. The van der Waals surface area contributed by atoms with E-state index < -0.39 is 0 Å². The maximum absolute atomic E-state index is 9.45. The zero-order chi connectivity index (χ0) is 20.8. The summed E-state index contributed by atoms with van der Waals surface area (Å²) in [5.41, 5.74) is 2.60. The Morgan fingerprint density at radius 1 is 1.07 bits per heavy atom. The summed E-state index contributed by atoms with van der Waals surface area (Å²) in [7, 11) is 0. The normalized spacial score (nSPS) is 44.6. The van der Waals surface area contributed by atoms with Gasteiger partial charge in [-0.1, -0.05) is 65.0 Å². The maximum atomic E-state index is 9.45. The highest BCUT2D eigenvalue weighted by molar-refractivity contribution is 5.35. The van der Waals surface area contributed by atoms with Crippen LogP contribution in [0.2, 0.25) is 0 Å². The minimum absolute atomic E-state index is 0.285. The Morgan fingerprint density at radius 3 is 2.62 bits per heavy atom. The van der Waals surface area contributed by atoms with Gasteiger partial charge < -0.3 is 5.11 Å². The van der Waals surface area contributed by atoms with E-state index in [-0.39, 0.29) is 6.61 Å². The predicted molar refractivity (Wildman–Crippen MR) is 123 cm³/mol. The number of hydrogen-bond donors (Lipinski definition) is 1. The van der Waals surface area contributed by atoms with Crippen LogP contribution in [0.5, 0.6) is 0 Å². The van der Waals surface area contributed by atoms with E-state index in [1.165, 1.54) is 44.9 Å². The summed E-state index contributed by atoms with van der Waals surface area (Å²) in [6, 6.07) is 0. The molecule has 29 heavy (non-hydrogen) atoms. The van der Waals surface area contributed by atoms with E-state index in [0.717, 1.165) is 23.7 Å². The molecule has 0 aliphatic heterocycles. The fourth-order valence-electron chi connectivity index (χ4n) is 7.93. The molecular weight excluding hydrogens is 352 g/mol. The number of fused-ring (bicyclic) bond motifs is 5. The summed E-state index contributed by atoms with van der Waals surface area (Å²) in [5, 5.41) is 9.45. The first-order valence-electron chi connectivity index (χ1n) is 12.5. The molecule has 0 spiro atoms. The molecule has 1 N–H and O–H groups in total. The third-order valence-corrected chi connectivity index (χ3v) is 10.2. The Labute approximate surface area is 179 Å². The van der Waals surface area contributed by atoms with Gasteiger partial charge in [0, 0.05) is 6.61 Å². The lowest BCUT2D eigenvalue weighted by molar-refractivity contribution is -0.0214. The molecule has 4 rings (SSSR count). The van der Waals surface area contributed by atoms with Crippen LogP contribution >= 0.6 is 0 Å². The molecule has 4 aliphatic rings. The highest BCUT2D eigenvalue weighted by Crippen LogP contribution is 2.66. The van der Waals surface area contributed by atoms with E-state index in [1.54, 1.807) is 5.57 Å². The largest absolute Gasteiger partial charge is 0.396 e. The molecule has 0 saturated heterocycles. The van der Waals surface area contributed by atoms with Gasteiger partial charge in [0.25, 0.3) is 0 Å². The van der Waals surface area contributed by atoms with Crippen molar-refractivity contribution in [2.24, 2.45) is 52.3 Å². The molecule has 0 aromatic carbocycles. The monoisotopic (exact) mass is 396 g/mol. The number of hydrogen-bond acceptors (Lipinski definition) is 1. The van der Waals surface area contributed by atoms with Crippen molar-refractivity contribution < 1.29 is 5.11 Å². The van der Waals surface area contributed by atoms with Gasteiger partial charge in [0.15, 0.2) is 0 Å². The Bertz CT molecular complexity index is 686. The molecule has 1 unspecified atom stereocenters. The quantitative estimate of drug-likeness (QED) is 0.488. The van der Waals surface area contributed by atoms with Crippen LogP contribution in [0.1, 0.15) is 79.6 Å². The van der Waals surface area contributed by atoms with Crippen molar-refractivity contribution in [3.05, 3.63) is 36.0 Å². The number of aliphatic hydroxyl groups is 1. The van der Waals surface area contributed by atoms with E-state index >= 15 is 0 Å². The number of aliphatic hydroxyl groups excluding tert-OH is 1. The molecule has 162 valence electrons. The fraction of sp³-hybridized carbons (Fsp3) is 0.786. The molecule has 0 amide bonds. The molecule has 0 bridgehead atoms. The lowest BCUT2D eigenvalue weighted by Crippen LogP contribution is -2.49. The van der Waals surface area contributed by atoms with Crippen LogP contribution in [0.25, 0.3) is 0 Å². The molecule has 0 aromatic heterocycles. The Balaban J connectivity index is 1.53. The van der Waals surface area contributed by atoms with Crippen molar-refractivity contribution in [3.8, 4) is 0 Å². The van der Waals surface area contributed by atoms with E-state index in [0.29, 0.717) is 28.6 Å². The van der Waals surface area contributed by atoms with E-state index in [1.807, 2.05) is 0 Å². The van der Waals surface area contributed by atoms with Crippen molar-refractivity contribution in [1.29, 1.82) is 0 Å². The lowest BCUT2D eigenvalue weighted by Gasteiger charge is -2.56. The average Bonchev–Trinajstić information content (AvgIpc) is 3.08. The molecule has 1 heteroatoms. The minimum atomic E-state index is 0.285. The zero-order valence-corrected chi connectivity index (χ0v) is 19.5. The highest BCUT2D eigenvalue weighted by atomic mass is 16.3. The first-order chi connectivity index (χ1) is 13.8. The lowest BCUT2D eigenvalue weighted by atomic mass is 9.48. The summed E-state index contributed by atoms with van der Waals surface area (Å²) in [4.78, 5) is 0. The molecule has 0 radical (unpaired) electrons. The third-order valence-electron chi connectivity index (χ3n) is 10.2. The van der Waals surface area contributed by atoms with Crippen LogP contribution in [0.3, 0.4) is 0 Å². The van der Waals surface area contributed by atoms with Gasteiger partial charge in [0.05, 0.1) is 0 Å². The summed E-state index contributed by atoms with van der Waals surface area (Å²) in [6.45, 7) is 12.4. The van der Waals surface area contributed by atoms with Crippen LogP contribution in [-0.2, 0) is 0 Å². The van der Waals surface area contributed by atoms with Gasteiger partial charge in [-0.05, 0) is 103 Å². The van der Waals surface area contributed by atoms with Gasteiger partial charge in [0.1, 0.15) is 0 Å². The predicted octanol–water partition coefficient (Wildman–Crippen LogP) is 7.19. The maximum Gasteiger partial charge on any atom is 0.0462 e. The van der Waals surface area contributed by atoms with Crippen molar-refractivity contribution in [2.45, 2.75) is 79.6 Å². The topological polar surface area (TPSA) is 20.2 Å². The van der Waals surface area contributed by atoms with Crippen molar-refractivity contribution >= 4 is 0 Å². The zero-order valence-electron chi connectivity index (χ0n) is 19.5. The average molecular weight is 397 g/mol. The van der Waals surface area contributed by atoms with Gasteiger partial charge in [-0.3, -0.25) is 0 Å². The van der Waals surface area contributed by atoms with Gasteiger partial charge in [-0.15, -0.1) is 0 Å². The van der Waals surface area contributed by atoms with Crippen molar-refractivity contribution in [3.63, 3.8) is 0 Å². The van der Waals surface area contributed by atoms with Crippen LogP contribution < -0.4 is 0 Å². The van der Waals surface area contributed by atoms with Gasteiger partial charge in [-0.2, -0.15) is 0 Å². The molecule has 4 aliphatic carbocycles.